The molecule has 4 N–H and O–H groups in total. The lowest BCUT2D eigenvalue weighted by atomic mass is 10.4. The Morgan fingerprint density at radius 2 is 1.69 bits per heavy atom. The van der Waals surface area contributed by atoms with E-state index < -0.39 is 6.09 Å². The predicted octanol–water partition coefficient (Wildman–Crippen LogP) is 0.351. The fourth-order valence-corrected chi connectivity index (χ4v) is 1.16. The van der Waals surface area contributed by atoms with Crippen molar-refractivity contribution >= 4 is 11.8 Å². The zero-order chi connectivity index (χ0) is 11.6. The molecule has 88 valence electrons. The van der Waals surface area contributed by atoms with Gasteiger partial charge >= 0.3 is 6.09 Å². The molecule has 0 spiro atoms. The number of nitrogens with one attached hydrogen (secondary N) is 3. The van der Waals surface area contributed by atoms with E-state index in [-0.39, 0.29) is 0 Å². The number of hydrogen-bond acceptors (Lipinski definition) is 4. The van der Waals surface area contributed by atoms with Gasteiger partial charge in [-0.05, 0) is 12.1 Å². The zero-order valence-electron chi connectivity index (χ0n) is 8.94. The maximum Gasteiger partial charge on any atom is 0.409 e. The van der Waals surface area contributed by atoms with Crippen molar-refractivity contribution in [1.82, 2.24) is 15.6 Å². The summed E-state index contributed by atoms with van der Waals surface area (Å²) in [6, 6.07) is 3.16. The molecular weight excluding hydrogens is 208 g/mol. The second kappa shape index (κ2) is 7.61. The van der Waals surface area contributed by atoms with E-state index in [0.717, 1.165) is 26.2 Å². The summed E-state index contributed by atoms with van der Waals surface area (Å²) in [5, 5.41) is 16.9. The number of rotatable bonds is 1. The predicted molar refractivity (Wildman–Crippen MR) is 61.6 cm³/mol. The molecule has 0 atom stereocenters. The van der Waals surface area contributed by atoms with E-state index in [1.807, 2.05) is 0 Å². The van der Waals surface area contributed by atoms with E-state index in [1.54, 1.807) is 12.1 Å². The molecule has 0 saturated carbocycles. The van der Waals surface area contributed by atoms with Crippen LogP contribution in [0.2, 0.25) is 0 Å². The number of aromatic nitrogens is 1. The van der Waals surface area contributed by atoms with Crippen molar-refractivity contribution in [3.05, 3.63) is 24.5 Å². The fourth-order valence-electron chi connectivity index (χ4n) is 1.16. The van der Waals surface area contributed by atoms with Gasteiger partial charge in [-0.2, -0.15) is 0 Å². The minimum Gasteiger partial charge on any atom is -0.465 e. The van der Waals surface area contributed by atoms with Crippen molar-refractivity contribution in [2.24, 2.45) is 0 Å². The topological polar surface area (TPSA) is 86.3 Å². The van der Waals surface area contributed by atoms with Gasteiger partial charge in [0, 0.05) is 44.3 Å². The highest BCUT2D eigenvalue weighted by atomic mass is 16.4. The first-order chi connectivity index (χ1) is 7.79. The minimum absolute atomic E-state index is 0.530. The molecule has 0 aromatic carbocycles. The van der Waals surface area contributed by atoms with Gasteiger partial charge in [-0.15, -0.1) is 0 Å². The van der Waals surface area contributed by atoms with Crippen LogP contribution >= 0.6 is 0 Å². The maximum atomic E-state index is 10.0. The van der Waals surface area contributed by atoms with Gasteiger partial charge in [0.05, 0.1) is 0 Å². The zero-order valence-corrected chi connectivity index (χ0v) is 8.94. The monoisotopic (exact) mass is 224 g/mol. The highest BCUT2D eigenvalue weighted by molar-refractivity contribution is 5.82. The molecule has 16 heavy (non-hydrogen) atoms. The van der Waals surface area contributed by atoms with Crippen molar-refractivity contribution in [2.45, 2.75) is 0 Å². The number of nitrogens with zero attached hydrogens (tertiary/aromatic N) is 1. The molecule has 2 heterocycles. The smallest absolute Gasteiger partial charge is 0.409 e. The first kappa shape index (κ1) is 12.4. The average Bonchev–Trinajstić information content (AvgIpc) is 2.32. The van der Waals surface area contributed by atoms with Crippen LogP contribution in [-0.2, 0) is 0 Å². The SMILES string of the molecule is C1CNCCN1.O=C(O)Nc1ccncc1. The Labute approximate surface area is 94.1 Å². The van der Waals surface area contributed by atoms with E-state index in [0.29, 0.717) is 5.69 Å². The number of amides is 1. The number of carbonyl (C=O) groups is 1. The third kappa shape index (κ3) is 5.94. The van der Waals surface area contributed by atoms with Crippen LogP contribution in [0.25, 0.3) is 0 Å². The molecule has 0 bridgehead atoms. The van der Waals surface area contributed by atoms with Gasteiger partial charge in [-0.1, -0.05) is 0 Å². The van der Waals surface area contributed by atoms with Crippen molar-refractivity contribution < 1.29 is 9.90 Å². The molecule has 1 aromatic heterocycles. The van der Waals surface area contributed by atoms with Crippen molar-refractivity contribution in [3.63, 3.8) is 0 Å². The third-order valence-corrected chi connectivity index (χ3v) is 1.89. The van der Waals surface area contributed by atoms with Gasteiger partial charge in [0.15, 0.2) is 0 Å². The summed E-state index contributed by atoms with van der Waals surface area (Å²) in [5.41, 5.74) is 0.530. The third-order valence-electron chi connectivity index (χ3n) is 1.89. The van der Waals surface area contributed by atoms with E-state index in [9.17, 15) is 4.79 Å². The first-order valence-electron chi connectivity index (χ1n) is 5.10. The molecule has 2 rings (SSSR count). The van der Waals surface area contributed by atoms with E-state index in [4.69, 9.17) is 5.11 Å². The Balaban J connectivity index is 0.000000181. The molecule has 1 aliphatic rings. The van der Waals surface area contributed by atoms with Crippen molar-refractivity contribution in [2.75, 3.05) is 31.5 Å². The summed E-state index contributed by atoms with van der Waals surface area (Å²) in [7, 11) is 0. The summed E-state index contributed by atoms with van der Waals surface area (Å²) >= 11 is 0. The first-order valence-corrected chi connectivity index (χ1v) is 5.10. The number of pyridine rings is 1. The Morgan fingerprint density at radius 3 is 2.06 bits per heavy atom. The number of carboxylic acid groups (broad SMARTS) is 1. The largest absolute Gasteiger partial charge is 0.465 e. The molecule has 0 radical (unpaired) electrons. The Hall–Kier alpha value is -1.66. The van der Waals surface area contributed by atoms with Crippen LogP contribution in [0.15, 0.2) is 24.5 Å². The lowest BCUT2D eigenvalue weighted by Gasteiger charge is -2.11. The van der Waals surface area contributed by atoms with Gasteiger partial charge in [-0.3, -0.25) is 10.3 Å². The van der Waals surface area contributed by atoms with Crippen molar-refractivity contribution in [3.8, 4) is 0 Å². The van der Waals surface area contributed by atoms with Gasteiger partial charge in [0.1, 0.15) is 0 Å². The van der Waals surface area contributed by atoms with Crippen LogP contribution in [0, 0.1) is 0 Å². The van der Waals surface area contributed by atoms with Crippen LogP contribution < -0.4 is 16.0 Å². The van der Waals surface area contributed by atoms with E-state index in [2.05, 4.69) is 20.9 Å². The summed E-state index contributed by atoms with van der Waals surface area (Å²) < 4.78 is 0. The number of hydrogen-bond donors (Lipinski definition) is 4. The molecule has 6 nitrogen and oxygen atoms in total. The Morgan fingerprint density at radius 1 is 1.19 bits per heavy atom. The summed E-state index contributed by atoms with van der Waals surface area (Å²) in [4.78, 5) is 13.8. The van der Waals surface area contributed by atoms with Crippen LogP contribution in [0.5, 0.6) is 0 Å². The van der Waals surface area contributed by atoms with Crippen LogP contribution in [0.3, 0.4) is 0 Å². The van der Waals surface area contributed by atoms with Gasteiger partial charge < -0.3 is 15.7 Å². The second-order valence-electron chi connectivity index (χ2n) is 3.17. The molecule has 1 amide bonds. The molecule has 0 unspecified atom stereocenters. The van der Waals surface area contributed by atoms with E-state index in [1.165, 1.54) is 12.4 Å². The quantitative estimate of drug-likeness (QED) is 0.553. The average molecular weight is 224 g/mol. The standard InChI is InChI=1S/C6H6N2O2.C4H10N2/c9-6(10)8-5-1-3-7-4-2-5;1-2-6-4-3-5-1/h1-4H,(H,7,8)(H,9,10);5-6H,1-4H2. The molecule has 1 saturated heterocycles. The summed E-state index contributed by atoms with van der Waals surface area (Å²) in [5.74, 6) is 0. The summed E-state index contributed by atoms with van der Waals surface area (Å²) in [6.07, 6.45) is 1.97. The van der Waals surface area contributed by atoms with E-state index >= 15 is 0 Å². The molecule has 1 fully saturated rings. The molecule has 1 aliphatic heterocycles. The van der Waals surface area contributed by atoms with Crippen LogP contribution in [0.1, 0.15) is 0 Å². The maximum absolute atomic E-state index is 10.0. The fraction of sp³-hybridized carbons (Fsp3) is 0.400. The lowest BCUT2D eigenvalue weighted by Crippen LogP contribution is -2.39. The second-order valence-corrected chi connectivity index (χ2v) is 3.17. The molecule has 1 aromatic rings. The van der Waals surface area contributed by atoms with Crippen LogP contribution in [0.4, 0.5) is 10.5 Å². The molecule has 6 heteroatoms. The number of anilines is 1. The molecule has 0 aliphatic carbocycles. The van der Waals surface area contributed by atoms with Gasteiger partial charge in [0.25, 0.3) is 0 Å². The highest BCUT2D eigenvalue weighted by Crippen LogP contribution is 2.01. The van der Waals surface area contributed by atoms with Crippen molar-refractivity contribution in [1.29, 1.82) is 0 Å². The van der Waals surface area contributed by atoms with Gasteiger partial charge in [0.2, 0.25) is 0 Å². The minimum atomic E-state index is -1.06. The Kier molecular flexibility index (Phi) is 5.90. The highest BCUT2D eigenvalue weighted by Gasteiger charge is 1.93. The normalized spacial score (nSPS) is 14.5. The lowest BCUT2D eigenvalue weighted by molar-refractivity contribution is 0.210. The molecular formula is C10H16N4O2. The van der Waals surface area contributed by atoms with Crippen LogP contribution in [-0.4, -0.2) is 42.4 Å². The van der Waals surface area contributed by atoms with Gasteiger partial charge in [-0.25, -0.2) is 4.79 Å². The number of piperazine rings is 1. The Bertz CT molecular complexity index is 289. The summed E-state index contributed by atoms with van der Waals surface area (Å²) in [6.45, 7) is 4.56.